The van der Waals surface area contributed by atoms with Crippen LogP contribution in [-0.4, -0.2) is 40.6 Å². The number of benzene rings is 1. The number of fused-ring (bicyclic) bond motifs is 2. The van der Waals surface area contributed by atoms with Gasteiger partial charge in [0.25, 0.3) is 5.56 Å². The van der Waals surface area contributed by atoms with Gasteiger partial charge in [-0.3, -0.25) is 4.79 Å². The Kier molecular flexibility index (Phi) is 2.96. The summed E-state index contributed by atoms with van der Waals surface area (Å²) in [4.78, 5) is 12.5. The Hall–Kier alpha value is -1.67. The van der Waals surface area contributed by atoms with E-state index in [0.29, 0.717) is 11.0 Å². The van der Waals surface area contributed by atoms with Gasteiger partial charge in [-0.05, 0) is 26.0 Å². The van der Waals surface area contributed by atoms with Crippen molar-refractivity contribution in [2.75, 3.05) is 6.61 Å². The first-order valence-corrected chi connectivity index (χ1v) is 7.23. The van der Waals surface area contributed by atoms with Crippen LogP contribution in [0.25, 0.3) is 11.0 Å². The summed E-state index contributed by atoms with van der Waals surface area (Å²) in [7, 11) is 0. The average molecular weight is 307 g/mol. The fourth-order valence-corrected chi connectivity index (χ4v) is 3.15. The Bertz CT molecular complexity index is 763. The topological polar surface area (TPSA) is 83.1 Å². The van der Waals surface area contributed by atoms with E-state index in [4.69, 9.17) is 18.7 Å². The predicted octanol–water partition coefficient (Wildman–Crippen LogP) is 1.00. The van der Waals surface area contributed by atoms with Gasteiger partial charge >= 0.3 is 0 Å². The molecule has 4 rings (SSSR count). The van der Waals surface area contributed by atoms with Crippen molar-refractivity contribution in [2.24, 2.45) is 0 Å². The minimum absolute atomic E-state index is 0.216. The quantitative estimate of drug-likeness (QED) is 0.891. The Morgan fingerprint density at radius 2 is 1.95 bits per heavy atom. The van der Waals surface area contributed by atoms with Crippen molar-refractivity contribution >= 4 is 11.0 Å². The lowest BCUT2D eigenvalue weighted by molar-refractivity contribution is -0.207. The molecule has 0 saturated carbocycles. The molecule has 118 valence electrons. The zero-order valence-corrected chi connectivity index (χ0v) is 12.3. The van der Waals surface area contributed by atoms with Gasteiger partial charge in [0.15, 0.2) is 17.6 Å². The van der Waals surface area contributed by atoms with Crippen LogP contribution >= 0.6 is 0 Å². The number of nitrogens with zero attached hydrogens (tertiary/aromatic N) is 1. The van der Waals surface area contributed by atoms with Gasteiger partial charge in [0, 0.05) is 0 Å². The van der Waals surface area contributed by atoms with Crippen molar-refractivity contribution < 1.29 is 23.8 Å². The number of aromatic nitrogens is 1. The van der Waals surface area contributed by atoms with E-state index in [1.54, 1.807) is 38.1 Å². The van der Waals surface area contributed by atoms with Crippen molar-refractivity contribution in [3.05, 3.63) is 34.6 Å². The van der Waals surface area contributed by atoms with E-state index in [1.165, 1.54) is 4.74 Å². The molecule has 7 nitrogen and oxygen atoms in total. The van der Waals surface area contributed by atoms with E-state index >= 15 is 0 Å². The van der Waals surface area contributed by atoms with Crippen molar-refractivity contribution in [1.82, 2.24) is 4.74 Å². The van der Waals surface area contributed by atoms with Crippen LogP contribution in [0.5, 0.6) is 0 Å². The number of para-hydroxylation sites is 1. The van der Waals surface area contributed by atoms with Crippen LogP contribution in [0, 0.1) is 0 Å². The highest BCUT2D eigenvalue weighted by atomic mass is 16.8. The fraction of sp³-hybridized carbons (Fsp3) is 0.533. The highest BCUT2D eigenvalue weighted by Crippen LogP contribution is 2.42. The second kappa shape index (κ2) is 4.66. The zero-order valence-electron chi connectivity index (χ0n) is 12.3. The molecule has 0 aliphatic carbocycles. The third kappa shape index (κ3) is 1.94. The van der Waals surface area contributed by atoms with E-state index < -0.39 is 30.3 Å². The van der Waals surface area contributed by atoms with Gasteiger partial charge in [-0.15, -0.1) is 4.74 Å². The number of aliphatic hydroxyl groups excluding tert-OH is 1. The number of aliphatic hydroxyl groups is 1. The lowest BCUT2D eigenvalue weighted by Crippen LogP contribution is -2.32. The molecule has 7 heteroatoms. The largest absolute Gasteiger partial charge is 0.394 e. The van der Waals surface area contributed by atoms with Gasteiger partial charge < -0.3 is 23.8 Å². The summed E-state index contributed by atoms with van der Waals surface area (Å²) in [5.41, 5.74) is 0.199. The lowest BCUT2D eigenvalue weighted by atomic mass is 10.1. The molecule has 1 N–H and O–H groups in total. The maximum absolute atomic E-state index is 12.5. The van der Waals surface area contributed by atoms with Crippen molar-refractivity contribution in [3.8, 4) is 0 Å². The summed E-state index contributed by atoms with van der Waals surface area (Å²) in [6.45, 7) is 3.36. The predicted molar refractivity (Wildman–Crippen MR) is 75.3 cm³/mol. The van der Waals surface area contributed by atoms with E-state index in [-0.39, 0.29) is 12.2 Å². The minimum Gasteiger partial charge on any atom is -0.394 e. The number of rotatable bonds is 2. The normalized spacial score (nSPS) is 33.4. The van der Waals surface area contributed by atoms with E-state index in [0.717, 1.165) is 0 Å². The summed E-state index contributed by atoms with van der Waals surface area (Å²) in [5, 5.41) is 9.96. The van der Waals surface area contributed by atoms with Crippen LogP contribution in [0.1, 0.15) is 20.1 Å². The first-order valence-electron chi connectivity index (χ1n) is 7.23. The van der Waals surface area contributed by atoms with E-state index in [1.807, 2.05) is 0 Å². The fourth-order valence-electron chi connectivity index (χ4n) is 3.15. The average Bonchev–Trinajstić information content (AvgIpc) is 3.08. The molecule has 2 fully saturated rings. The number of hydrogen-bond donors (Lipinski definition) is 1. The van der Waals surface area contributed by atoms with Crippen LogP contribution < -0.4 is 5.56 Å². The molecular weight excluding hydrogens is 290 g/mol. The zero-order chi connectivity index (χ0) is 15.5. The van der Waals surface area contributed by atoms with Crippen LogP contribution in [0.2, 0.25) is 0 Å². The molecule has 2 aromatic rings. The summed E-state index contributed by atoms with van der Waals surface area (Å²) in [6.07, 6.45) is -2.27. The second-order valence-electron chi connectivity index (χ2n) is 6.03. The van der Waals surface area contributed by atoms with Gasteiger partial charge in [0.05, 0.1) is 12.0 Å². The van der Waals surface area contributed by atoms with E-state index in [9.17, 15) is 9.90 Å². The van der Waals surface area contributed by atoms with Crippen LogP contribution in [0.3, 0.4) is 0 Å². The molecule has 1 aromatic heterocycles. The van der Waals surface area contributed by atoms with Crippen LogP contribution in [0.15, 0.2) is 33.6 Å². The van der Waals surface area contributed by atoms with Crippen molar-refractivity contribution in [3.63, 3.8) is 0 Å². The molecular formula is C15H17NO6. The molecule has 2 aliphatic heterocycles. The Morgan fingerprint density at radius 3 is 2.68 bits per heavy atom. The van der Waals surface area contributed by atoms with Crippen LogP contribution in [0.4, 0.5) is 0 Å². The van der Waals surface area contributed by atoms with Gasteiger partial charge in [0.1, 0.15) is 18.3 Å². The second-order valence-corrected chi connectivity index (χ2v) is 6.03. The molecule has 2 saturated heterocycles. The first kappa shape index (κ1) is 14.0. The van der Waals surface area contributed by atoms with Gasteiger partial charge in [-0.1, -0.05) is 12.1 Å². The molecule has 3 heterocycles. The molecule has 0 amide bonds. The molecule has 2 aliphatic rings. The van der Waals surface area contributed by atoms with Gasteiger partial charge in [-0.2, -0.15) is 0 Å². The number of hydrogen-bond acceptors (Lipinski definition) is 6. The van der Waals surface area contributed by atoms with Crippen molar-refractivity contribution in [2.45, 2.75) is 44.2 Å². The maximum atomic E-state index is 12.5. The highest BCUT2D eigenvalue weighted by molar-refractivity contribution is 5.75. The SMILES string of the molecule is CC1(C)O[C@@H]2[C@H](O1)[C@@H](CO)O[C@H]2n1oc2ccccc2c1=O. The monoisotopic (exact) mass is 307 g/mol. The van der Waals surface area contributed by atoms with Crippen molar-refractivity contribution in [1.29, 1.82) is 0 Å². The molecule has 0 unspecified atom stereocenters. The Morgan fingerprint density at radius 1 is 1.23 bits per heavy atom. The summed E-state index contributed by atoms with van der Waals surface area (Å²) < 4.78 is 24.1. The number of ether oxygens (including phenoxy) is 3. The third-order valence-electron chi connectivity index (χ3n) is 4.05. The summed E-state index contributed by atoms with van der Waals surface area (Å²) in [5.74, 6) is -0.791. The summed E-state index contributed by atoms with van der Waals surface area (Å²) >= 11 is 0. The highest BCUT2D eigenvalue weighted by Gasteiger charge is 2.56. The van der Waals surface area contributed by atoms with Gasteiger partial charge in [0.2, 0.25) is 0 Å². The minimum atomic E-state index is -0.791. The molecule has 1 aromatic carbocycles. The molecule has 0 spiro atoms. The molecule has 0 radical (unpaired) electrons. The molecule has 0 bridgehead atoms. The third-order valence-corrected chi connectivity index (χ3v) is 4.05. The maximum Gasteiger partial charge on any atom is 0.292 e. The first-order chi connectivity index (χ1) is 10.5. The molecule has 22 heavy (non-hydrogen) atoms. The standard InChI is InChI=1S/C15H17NO6/c1-15(2)20-11-10(7-17)19-14(12(11)21-15)16-13(18)8-5-3-4-6-9(8)22-16/h3-6,10-12,14,17H,7H2,1-2H3/t10-,11-,12-,14-/m1/s1. The Balaban J connectivity index is 1.78. The van der Waals surface area contributed by atoms with E-state index in [2.05, 4.69) is 0 Å². The lowest BCUT2D eigenvalue weighted by Gasteiger charge is -2.23. The molecule has 4 atom stereocenters. The smallest absolute Gasteiger partial charge is 0.292 e. The van der Waals surface area contributed by atoms with Gasteiger partial charge in [-0.25, -0.2) is 0 Å². The Labute approximate surface area is 125 Å². The van der Waals surface area contributed by atoms with Crippen LogP contribution in [-0.2, 0) is 14.2 Å². The summed E-state index contributed by atoms with van der Waals surface area (Å²) in [6, 6.07) is 6.99.